The quantitative estimate of drug-likeness (QED) is 0.907. The largest absolute Gasteiger partial charge is 0.326 e. The summed E-state index contributed by atoms with van der Waals surface area (Å²) in [5, 5.41) is 4.42. The van der Waals surface area contributed by atoms with E-state index in [1.807, 2.05) is 24.3 Å². The van der Waals surface area contributed by atoms with Gasteiger partial charge in [0.05, 0.1) is 0 Å². The van der Waals surface area contributed by atoms with Crippen molar-refractivity contribution in [2.75, 3.05) is 0 Å². The van der Waals surface area contributed by atoms with Crippen LogP contribution in [0.5, 0.6) is 0 Å². The molecule has 21 heavy (non-hydrogen) atoms. The molecule has 1 aromatic heterocycles. The monoisotopic (exact) mass is 302 g/mol. The van der Waals surface area contributed by atoms with Crippen LogP contribution in [0.3, 0.4) is 0 Å². The number of hydrogen-bond acceptors (Lipinski definition) is 2. The minimum Gasteiger partial charge on any atom is -0.326 e. The van der Waals surface area contributed by atoms with Crippen molar-refractivity contribution in [2.45, 2.75) is 38.3 Å². The van der Waals surface area contributed by atoms with Gasteiger partial charge >= 0.3 is 0 Å². The van der Waals surface area contributed by atoms with Gasteiger partial charge in [0, 0.05) is 28.9 Å². The van der Waals surface area contributed by atoms with Gasteiger partial charge in [-0.15, -0.1) is 0 Å². The number of nitrogens with one attached hydrogen (secondary N) is 2. The van der Waals surface area contributed by atoms with Crippen molar-refractivity contribution in [1.82, 2.24) is 10.3 Å². The normalized spacial score (nSPS) is 19.0. The van der Waals surface area contributed by atoms with E-state index in [1.54, 1.807) is 6.07 Å². The third kappa shape index (κ3) is 3.20. The van der Waals surface area contributed by atoms with E-state index in [2.05, 4.69) is 23.3 Å². The minimum atomic E-state index is -0.0164. The molecular formula is C17H19ClN2O. The third-order valence-corrected chi connectivity index (χ3v) is 4.37. The lowest BCUT2D eigenvalue weighted by Gasteiger charge is -2.29. The molecule has 0 aliphatic heterocycles. The zero-order chi connectivity index (χ0) is 14.8. The molecule has 0 amide bonds. The molecule has 2 N–H and O–H groups in total. The molecule has 1 heterocycles. The van der Waals surface area contributed by atoms with Crippen molar-refractivity contribution in [2.24, 2.45) is 0 Å². The summed E-state index contributed by atoms with van der Waals surface area (Å²) < 4.78 is 0. The Morgan fingerprint density at radius 2 is 2.19 bits per heavy atom. The van der Waals surface area contributed by atoms with Crippen LogP contribution in [0.4, 0.5) is 0 Å². The van der Waals surface area contributed by atoms with Crippen LogP contribution in [-0.2, 0) is 6.42 Å². The summed E-state index contributed by atoms with van der Waals surface area (Å²) in [6.07, 6.45) is 3.13. The predicted molar refractivity (Wildman–Crippen MR) is 85.7 cm³/mol. The average Bonchev–Trinajstić information content (AvgIpc) is 2.47. The molecule has 3 nitrogen and oxygen atoms in total. The topological polar surface area (TPSA) is 44.9 Å². The van der Waals surface area contributed by atoms with Crippen LogP contribution in [0.25, 0.3) is 0 Å². The first kappa shape index (κ1) is 14.4. The number of fused-ring (bicyclic) bond motifs is 1. The molecule has 1 aliphatic rings. The van der Waals surface area contributed by atoms with E-state index in [4.69, 9.17) is 11.6 Å². The Hall–Kier alpha value is -1.58. The van der Waals surface area contributed by atoms with Gasteiger partial charge in [0.1, 0.15) is 0 Å². The molecule has 110 valence electrons. The van der Waals surface area contributed by atoms with E-state index in [-0.39, 0.29) is 17.6 Å². The summed E-state index contributed by atoms with van der Waals surface area (Å²) in [5.74, 6) is 0. The molecular weight excluding hydrogens is 284 g/mol. The number of pyridine rings is 1. The highest BCUT2D eigenvalue weighted by Gasteiger charge is 2.22. The number of aromatic nitrogens is 1. The molecule has 1 aromatic carbocycles. The van der Waals surface area contributed by atoms with Crippen LogP contribution in [0, 0.1) is 0 Å². The van der Waals surface area contributed by atoms with Crippen LogP contribution >= 0.6 is 11.6 Å². The highest BCUT2D eigenvalue weighted by Crippen LogP contribution is 2.30. The maximum Gasteiger partial charge on any atom is 0.248 e. The molecule has 3 rings (SSSR count). The molecule has 0 saturated carbocycles. The first-order chi connectivity index (χ1) is 10.1. The number of hydrogen-bond donors (Lipinski definition) is 2. The summed E-state index contributed by atoms with van der Waals surface area (Å²) in [6.45, 7) is 2.14. The number of aryl methyl sites for hydroxylation is 1. The fraction of sp³-hybridized carbons (Fsp3) is 0.353. The van der Waals surface area contributed by atoms with Crippen molar-refractivity contribution >= 4 is 11.6 Å². The van der Waals surface area contributed by atoms with E-state index in [1.165, 1.54) is 11.1 Å². The Morgan fingerprint density at radius 1 is 1.33 bits per heavy atom. The van der Waals surface area contributed by atoms with Crippen molar-refractivity contribution in [1.29, 1.82) is 0 Å². The van der Waals surface area contributed by atoms with Gasteiger partial charge in [0.2, 0.25) is 5.56 Å². The summed E-state index contributed by atoms with van der Waals surface area (Å²) in [4.78, 5) is 14.4. The van der Waals surface area contributed by atoms with Crippen LogP contribution in [0.15, 0.2) is 41.2 Å². The molecule has 1 unspecified atom stereocenters. The van der Waals surface area contributed by atoms with Crippen molar-refractivity contribution in [3.8, 4) is 0 Å². The zero-order valence-electron chi connectivity index (χ0n) is 12.0. The van der Waals surface area contributed by atoms with Gasteiger partial charge in [0.25, 0.3) is 0 Å². The first-order valence-electron chi connectivity index (χ1n) is 7.37. The molecule has 0 fully saturated rings. The summed E-state index contributed by atoms with van der Waals surface area (Å²) in [5.41, 5.74) is 3.45. The Bertz CT molecular complexity index is 695. The lowest BCUT2D eigenvalue weighted by atomic mass is 9.90. The smallest absolute Gasteiger partial charge is 0.248 e. The van der Waals surface area contributed by atoms with E-state index < -0.39 is 0 Å². The van der Waals surface area contributed by atoms with Gasteiger partial charge in [-0.1, -0.05) is 29.8 Å². The van der Waals surface area contributed by atoms with Crippen LogP contribution in [-0.4, -0.2) is 4.98 Å². The summed E-state index contributed by atoms with van der Waals surface area (Å²) in [7, 11) is 0. The van der Waals surface area contributed by atoms with Crippen LogP contribution < -0.4 is 10.9 Å². The van der Waals surface area contributed by atoms with Gasteiger partial charge in [-0.3, -0.25) is 4.79 Å². The van der Waals surface area contributed by atoms with Gasteiger partial charge in [-0.25, -0.2) is 0 Å². The van der Waals surface area contributed by atoms with Crippen molar-refractivity contribution in [3.05, 3.63) is 68.6 Å². The maximum atomic E-state index is 11.4. The summed E-state index contributed by atoms with van der Waals surface area (Å²) in [6, 6.07) is 12.0. The third-order valence-electron chi connectivity index (χ3n) is 4.13. The van der Waals surface area contributed by atoms with E-state index >= 15 is 0 Å². The lowest BCUT2D eigenvalue weighted by Crippen LogP contribution is -2.29. The van der Waals surface area contributed by atoms with Crippen molar-refractivity contribution < 1.29 is 0 Å². The fourth-order valence-electron chi connectivity index (χ4n) is 3.05. The van der Waals surface area contributed by atoms with E-state index in [0.29, 0.717) is 0 Å². The fourth-order valence-corrected chi connectivity index (χ4v) is 3.25. The molecule has 0 radical (unpaired) electrons. The second kappa shape index (κ2) is 6.04. The number of rotatable bonds is 3. The second-order valence-electron chi connectivity index (χ2n) is 5.64. The standard InChI is InChI=1S/C17H19ClN2O/c1-11(12-4-2-5-13(18)10-12)19-15-6-3-7-16-14(15)8-9-17(21)20-16/h2,4-5,8-11,15,19H,3,6-7H2,1H3,(H,20,21)/t11-,15?/m1/s1. The molecule has 1 aliphatic carbocycles. The SMILES string of the molecule is C[C@@H](NC1CCCc2[nH]c(=O)ccc21)c1cccc(Cl)c1. The number of benzene rings is 1. The molecule has 2 aromatic rings. The lowest BCUT2D eigenvalue weighted by molar-refractivity contribution is 0.411. The Balaban J connectivity index is 1.82. The van der Waals surface area contributed by atoms with Gasteiger partial charge in [-0.05, 0) is 49.4 Å². The van der Waals surface area contributed by atoms with Crippen molar-refractivity contribution in [3.63, 3.8) is 0 Å². The molecule has 2 atom stereocenters. The second-order valence-corrected chi connectivity index (χ2v) is 6.08. The Kier molecular flexibility index (Phi) is 4.13. The van der Waals surface area contributed by atoms with E-state index in [0.717, 1.165) is 30.0 Å². The molecule has 4 heteroatoms. The Labute approximate surface area is 129 Å². The molecule has 0 bridgehead atoms. The highest BCUT2D eigenvalue weighted by atomic mass is 35.5. The number of H-pyrrole nitrogens is 1. The maximum absolute atomic E-state index is 11.4. The van der Waals surface area contributed by atoms with E-state index in [9.17, 15) is 4.79 Å². The van der Waals surface area contributed by atoms with Crippen LogP contribution in [0.1, 0.15) is 48.7 Å². The van der Waals surface area contributed by atoms with Gasteiger partial charge in [0.15, 0.2) is 0 Å². The minimum absolute atomic E-state index is 0.0164. The predicted octanol–water partition coefficient (Wildman–Crippen LogP) is 3.76. The van der Waals surface area contributed by atoms with Crippen LogP contribution in [0.2, 0.25) is 5.02 Å². The molecule has 0 spiro atoms. The number of halogens is 1. The summed E-state index contributed by atoms with van der Waals surface area (Å²) >= 11 is 6.06. The first-order valence-corrected chi connectivity index (χ1v) is 7.75. The molecule has 0 saturated heterocycles. The van der Waals surface area contributed by atoms with Gasteiger partial charge < -0.3 is 10.3 Å². The highest BCUT2D eigenvalue weighted by molar-refractivity contribution is 6.30. The number of aromatic amines is 1. The average molecular weight is 303 g/mol. The zero-order valence-corrected chi connectivity index (χ0v) is 12.8. The Morgan fingerprint density at radius 3 is 3.00 bits per heavy atom. The van der Waals surface area contributed by atoms with Gasteiger partial charge in [-0.2, -0.15) is 0 Å².